The topological polar surface area (TPSA) is 53.1 Å². The fraction of sp³-hybridized carbons (Fsp3) is 0.250. The maximum absolute atomic E-state index is 5.65. The van der Waals surface area contributed by atoms with E-state index in [2.05, 4.69) is 20.9 Å². The summed E-state index contributed by atoms with van der Waals surface area (Å²) in [5.41, 5.74) is 5.65. The summed E-state index contributed by atoms with van der Waals surface area (Å²) in [5.74, 6) is 2.19. The van der Waals surface area contributed by atoms with Crippen molar-refractivity contribution >= 4 is 21.7 Å². The molecule has 4 nitrogen and oxygen atoms in total. The minimum Gasteiger partial charge on any atom is -0.486 e. The Morgan fingerprint density at radius 2 is 2.06 bits per heavy atom. The number of hydrogen-bond acceptors (Lipinski definition) is 3. The lowest BCUT2D eigenvalue weighted by Crippen LogP contribution is -2.05. The van der Waals surface area contributed by atoms with E-state index in [1.807, 2.05) is 42.0 Å². The minimum atomic E-state index is 0.423. The monoisotopic (exact) mass is 295 g/mol. The molecule has 0 aliphatic heterocycles. The van der Waals surface area contributed by atoms with Gasteiger partial charge in [-0.25, -0.2) is 4.98 Å². The van der Waals surface area contributed by atoms with Crippen molar-refractivity contribution in [2.45, 2.75) is 20.1 Å². The first-order chi connectivity index (χ1) is 8.19. The van der Waals surface area contributed by atoms with Crippen LogP contribution in [0.15, 0.2) is 34.9 Å². The Morgan fingerprint density at radius 1 is 1.35 bits per heavy atom. The van der Waals surface area contributed by atoms with E-state index in [0.29, 0.717) is 12.4 Å². The maximum atomic E-state index is 5.65. The van der Waals surface area contributed by atoms with Crippen LogP contribution in [0.2, 0.25) is 0 Å². The molecule has 0 radical (unpaired) electrons. The number of nitrogens with two attached hydrogens (primary N) is 1. The zero-order valence-electron chi connectivity index (χ0n) is 9.56. The van der Waals surface area contributed by atoms with Crippen LogP contribution in [0.3, 0.4) is 0 Å². The zero-order valence-corrected chi connectivity index (χ0v) is 11.1. The third-order valence-electron chi connectivity index (χ3n) is 2.40. The van der Waals surface area contributed by atoms with Crippen LogP contribution in [0.1, 0.15) is 12.7 Å². The summed E-state index contributed by atoms with van der Waals surface area (Å²) in [5, 5.41) is 0. The van der Waals surface area contributed by atoms with E-state index in [1.54, 1.807) is 0 Å². The van der Waals surface area contributed by atoms with Crippen LogP contribution in [0, 0.1) is 0 Å². The number of nitrogen functional groups attached to an aromatic ring is 1. The lowest BCUT2D eigenvalue weighted by atomic mass is 10.3. The highest BCUT2D eigenvalue weighted by atomic mass is 79.9. The van der Waals surface area contributed by atoms with E-state index in [1.165, 1.54) is 0 Å². The molecule has 0 unspecified atom stereocenters. The molecule has 0 fully saturated rings. The molecular formula is C12H14BrN3O. The van der Waals surface area contributed by atoms with Gasteiger partial charge in [-0.2, -0.15) is 0 Å². The Bertz CT molecular complexity index is 493. The summed E-state index contributed by atoms with van der Waals surface area (Å²) in [6.07, 6.45) is 1.82. The van der Waals surface area contributed by atoms with Crippen molar-refractivity contribution in [3.8, 4) is 5.75 Å². The van der Waals surface area contributed by atoms with Crippen LogP contribution < -0.4 is 10.5 Å². The van der Waals surface area contributed by atoms with E-state index in [0.717, 1.165) is 22.6 Å². The molecule has 0 saturated heterocycles. The quantitative estimate of drug-likeness (QED) is 0.944. The predicted octanol–water partition coefficient (Wildman–Crippen LogP) is 2.83. The van der Waals surface area contributed by atoms with E-state index < -0.39 is 0 Å². The molecule has 0 spiro atoms. The Balaban J connectivity index is 2.04. The molecule has 0 atom stereocenters. The summed E-state index contributed by atoms with van der Waals surface area (Å²) in [6.45, 7) is 3.31. The number of benzene rings is 1. The molecule has 0 aliphatic rings. The van der Waals surface area contributed by atoms with Gasteiger partial charge in [0.25, 0.3) is 0 Å². The normalized spacial score (nSPS) is 10.5. The van der Waals surface area contributed by atoms with E-state index in [9.17, 15) is 0 Å². The van der Waals surface area contributed by atoms with Crippen molar-refractivity contribution in [3.63, 3.8) is 0 Å². The van der Waals surface area contributed by atoms with Gasteiger partial charge < -0.3 is 15.0 Å². The Labute approximate surface area is 109 Å². The van der Waals surface area contributed by atoms with Crippen molar-refractivity contribution in [3.05, 3.63) is 40.8 Å². The van der Waals surface area contributed by atoms with Crippen LogP contribution in [0.25, 0.3) is 0 Å². The van der Waals surface area contributed by atoms with Crippen molar-refractivity contribution in [1.29, 1.82) is 0 Å². The van der Waals surface area contributed by atoms with Crippen molar-refractivity contribution in [2.75, 3.05) is 5.73 Å². The SMILES string of the molecule is CCn1cc(N)nc1COc1ccc(Br)cc1. The number of anilines is 1. The second-order valence-electron chi connectivity index (χ2n) is 3.61. The average molecular weight is 296 g/mol. The van der Waals surface area contributed by atoms with Gasteiger partial charge in [0.2, 0.25) is 0 Å². The number of hydrogen-bond donors (Lipinski definition) is 1. The standard InChI is InChI=1S/C12H14BrN3O/c1-2-16-7-11(14)15-12(16)8-17-10-5-3-9(13)4-6-10/h3-7H,2,8,14H2,1H3. The zero-order chi connectivity index (χ0) is 12.3. The number of ether oxygens (including phenoxy) is 1. The molecule has 2 aromatic rings. The van der Waals surface area contributed by atoms with E-state index in [4.69, 9.17) is 10.5 Å². The predicted molar refractivity (Wildman–Crippen MR) is 70.8 cm³/mol. The summed E-state index contributed by atoms with van der Waals surface area (Å²) in [6, 6.07) is 7.70. The second kappa shape index (κ2) is 5.23. The number of rotatable bonds is 4. The van der Waals surface area contributed by atoms with Crippen LogP contribution in [0.4, 0.5) is 5.82 Å². The molecule has 1 aromatic carbocycles. The molecule has 0 bridgehead atoms. The third-order valence-corrected chi connectivity index (χ3v) is 2.93. The Morgan fingerprint density at radius 3 is 2.71 bits per heavy atom. The Kier molecular flexibility index (Phi) is 3.68. The number of halogens is 1. The smallest absolute Gasteiger partial charge is 0.149 e. The van der Waals surface area contributed by atoms with Gasteiger partial charge in [-0.1, -0.05) is 15.9 Å². The summed E-state index contributed by atoms with van der Waals surface area (Å²) < 4.78 is 8.66. The molecule has 1 heterocycles. The van der Waals surface area contributed by atoms with E-state index in [-0.39, 0.29) is 0 Å². The third kappa shape index (κ3) is 3.00. The van der Waals surface area contributed by atoms with Crippen LogP contribution in [-0.2, 0) is 13.2 Å². The van der Waals surface area contributed by atoms with Crippen LogP contribution in [-0.4, -0.2) is 9.55 Å². The van der Waals surface area contributed by atoms with Crippen molar-refractivity contribution in [2.24, 2.45) is 0 Å². The number of aromatic nitrogens is 2. The van der Waals surface area contributed by atoms with Crippen molar-refractivity contribution < 1.29 is 4.74 Å². The molecule has 0 amide bonds. The number of aryl methyl sites for hydroxylation is 1. The first-order valence-electron chi connectivity index (χ1n) is 5.39. The van der Waals surface area contributed by atoms with Gasteiger partial charge >= 0.3 is 0 Å². The molecule has 0 saturated carbocycles. The highest BCUT2D eigenvalue weighted by Crippen LogP contribution is 2.17. The highest BCUT2D eigenvalue weighted by molar-refractivity contribution is 9.10. The fourth-order valence-electron chi connectivity index (χ4n) is 1.54. The Hall–Kier alpha value is -1.49. The molecule has 2 rings (SSSR count). The molecule has 0 aliphatic carbocycles. The summed E-state index contributed by atoms with van der Waals surface area (Å²) in [7, 11) is 0. The van der Waals surface area contributed by atoms with Gasteiger partial charge in [0, 0.05) is 17.2 Å². The van der Waals surface area contributed by atoms with Crippen LogP contribution in [0.5, 0.6) is 5.75 Å². The van der Waals surface area contributed by atoms with Gasteiger partial charge in [-0.15, -0.1) is 0 Å². The molecule has 17 heavy (non-hydrogen) atoms. The molecule has 5 heteroatoms. The highest BCUT2D eigenvalue weighted by Gasteiger charge is 2.05. The largest absolute Gasteiger partial charge is 0.486 e. The minimum absolute atomic E-state index is 0.423. The van der Waals surface area contributed by atoms with Gasteiger partial charge in [0.05, 0.1) is 0 Å². The first-order valence-corrected chi connectivity index (χ1v) is 6.18. The fourth-order valence-corrected chi connectivity index (χ4v) is 1.81. The molecule has 1 aromatic heterocycles. The lowest BCUT2D eigenvalue weighted by Gasteiger charge is -2.07. The van der Waals surface area contributed by atoms with Gasteiger partial charge in [-0.3, -0.25) is 0 Å². The maximum Gasteiger partial charge on any atom is 0.149 e. The second-order valence-corrected chi connectivity index (χ2v) is 4.53. The first kappa shape index (κ1) is 12.0. The lowest BCUT2D eigenvalue weighted by molar-refractivity contribution is 0.290. The van der Waals surface area contributed by atoms with Gasteiger partial charge in [-0.05, 0) is 31.2 Å². The average Bonchev–Trinajstić information content (AvgIpc) is 2.69. The summed E-state index contributed by atoms with van der Waals surface area (Å²) >= 11 is 3.38. The molecular weight excluding hydrogens is 282 g/mol. The van der Waals surface area contributed by atoms with Gasteiger partial charge in [0.1, 0.15) is 24.0 Å². The summed E-state index contributed by atoms with van der Waals surface area (Å²) in [4.78, 5) is 4.22. The van der Waals surface area contributed by atoms with E-state index >= 15 is 0 Å². The molecule has 2 N–H and O–H groups in total. The van der Waals surface area contributed by atoms with Gasteiger partial charge in [0.15, 0.2) is 0 Å². The number of nitrogens with zero attached hydrogens (tertiary/aromatic N) is 2. The van der Waals surface area contributed by atoms with Crippen LogP contribution >= 0.6 is 15.9 Å². The van der Waals surface area contributed by atoms with Crippen molar-refractivity contribution in [1.82, 2.24) is 9.55 Å². The number of imidazole rings is 1. The molecule has 90 valence electrons.